The number of nitrogens with zero attached hydrogens (tertiary/aromatic N) is 2. The molecule has 2 amide bonds. The van der Waals surface area contributed by atoms with Crippen LogP contribution < -0.4 is 15.4 Å². The number of aromatic nitrogens is 2. The molecular formula is C20H20F2N4O2. The van der Waals surface area contributed by atoms with Crippen molar-refractivity contribution in [1.82, 2.24) is 20.4 Å². The number of urea groups is 1. The molecule has 2 aromatic carbocycles. The normalized spacial score (nSPS) is 10.7. The fourth-order valence-corrected chi connectivity index (χ4v) is 2.58. The number of benzene rings is 2. The summed E-state index contributed by atoms with van der Waals surface area (Å²) in [5, 5.41) is 9.81. The lowest BCUT2D eigenvalue weighted by Crippen LogP contribution is -2.36. The van der Waals surface area contributed by atoms with E-state index in [4.69, 9.17) is 0 Å². The van der Waals surface area contributed by atoms with Crippen molar-refractivity contribution >= 4 is 6.03 Å². The molecule has 0 spiro atoms. The van der Waals surface area contributed by atoms with Gasteiger partial charge in [0.1, 0.15) is 5.75 Å². The van der Waals surface area contributed by atoms with Crippen molar-refractivity contribution in [2.45, 2.75) is 19.6 Å². The van der Waals surface area contributed by atoms with E-state index in [1.54, 1.807) is 23.0 Å². The van der Waals surface area contributed by atoms with E-state index < -0.39 is 6.61 Å². The first-order valence-corrected chi connectivity index (χ1v) is 8.74. The minimum atomic E-state index is -2.84. The van der Waals surface area contributed by atoms with E-state index in [1.807, 2.05) is 36.5 Å². The largest absolute Gasteiger partial charge is 0.435 e. The molecule has 8 heteroatoms. The Balaban J connectivity index is 1.38. The minimum Gasteiger partial charge on any atom is -0.435 e. The first kappa shape index (κ1) is 19.3. The van der Waals surface area contributed by atoms with Gasteiger partial charge in [-0.2, -0.15) is 13.9 Å². The summed E-state index contributed by atoms with van der Waals surface area (Å²) >= 11 is 0. The van der Waals surface area contributed by atoms with Crippen LogP contribution in [0.2, 0.25) is 0 Å². The number of amides is 2. The Labute approximate surface area is 161 Å². The van der Waals surface area contributed by atoms with Gasteiger partial charge in [-0.15, -0.1) is 0 Å². The number of carbonyl (C=O) groups is 1. The SMILES string of the molecule is O=C(NCCc1ccc(OC(F)F)cc1)NCc1cnn(-c2ccccc2)c1. The smallest absolute Gasteiger partial charge is 0.387 e. The molecule has 3 aromatic rings. The average Bonchev–Trinajstić information content (AvgIpc) is 3.17. The summed E-state index contributed by atoms with van der Waals surface area (Å²) in [4.78, 5) is 11.9. The maximum Gasteiger partial charge on any atom is 0.387 e. The number of para-hydroxylation sites is 1. The Morgan fingerprint density at radius 1 is 1.04 bits per heavy atom. The van der Waals surface area contributed by atoms with E-state index >= 15 is 0 Å². The van der Waals surface area contributed by atoms with Crippen LogP contribution in [0.1, 0.15) is 11.1 Å². The summed E-state index contributed by atoms with van der Waals surface area (Å²) in [5.41, 5.74) is 2.74. The Hall–Kier alpha value is -3.42. The van der Waals surface area contributed by atoms with Crippen LogP contribution >= 0.6 is 0 Å². The highest BCUT2D eigenvalue weighted by Crippen LogP contribution is 2.15. The average molecular weight is 386 g/mol. The Kier molecular flexibility index (Phi) is 6.56. The summed E-state index contributed by atoms with van der Waals surface area (Å²) in [7, 11) is 0. The summed E-state index contributed by atoms with van der Waals surface area (Å²) in [6.45, 7) is -2.06. The number of hydrogen-bond donors (Lipinski definition) is 2. The number of halogens is 2. The molecule has 6 nitrogen and oxygen atoms in total. The van der Waals surface area contributed by atoms with Gasteiger partial charge in [0.15, 0.2) is 0 Å². The van der Waals surface area contributed by atoms with Crippen LogP contribution in [-0.4, -0.2) is 29.0 Å². The highest BCUT2D eigenvalue weighted by molar-refractivity contribution is 5.73. The third-order valence-electron chi connectivity index (χ3n) is 3.96. The molecule has 0 aliphatic heterocycles. The van der Waals surface area contributed by atoms with E-state index in [2.05, 4.69) is 20.5 Å². The summed E-state index contributed by atoms with van der Waals surface area (Å²) < 4.78 is 30.3. The molecular weight excluding hydrogens is 366 g/mol. The quantitative estimate of drug-likeness (QED) is 0.623. The molecule has 0 unspecified atom stereocenters. The number of ether oxygens (including phenoxy) is 1. The molecule has 1 aromatic heterocycles. The summed E-state index contributed by atoms with van der Waals surface area (Å²) in [5.74, 6) is 0.112. The first-order valence-electron chi connectivity index (χ1n) is 8.74. The monoisotopic (exact) mass is 386 g/mol. The van der Waals surface area contributed by atoms with E-state index in [1.165, 1.54) is 12.1 Å². The molecule has 0 radical (unpaired) electrons. The molecule has 0 atom stereocenters. The van der Waals surface area contributed by atoms with Gasteiger partial charge in [-0.3, -0.25) is 0 Å². The number of carbonyl (C=O) groups excluding carboxylic acids is 1. The van der Waals surface area contributed by atoms with Crippen LogP contribution in [0.5, 0.6) is 5.75 Å². The molecule has 0 bridgehead atoms. The number of hydrogen-bond acceptors (Lipinski definition) is 3. The lowest BCUT2D eigenvalue weighted by molar-refractivity contribution is -0.0498. The number of alkyl halides is 2. The molecule has 146 valence electrons. The molecule has 0 fully saturated rings. The van der Waals surface area contributed by atoms with Crippen molar-refractivity contribution in [3.63, 3.8) is 0 Å². The van der Waals surface area contributed by atoms with Crippen LogP contribution in [0.25, 0.3) is 5.69 Å². The zero-order valence-electron chi connectivity index (χ0n) is 15.0. The van der Waals surface area contributed by atoms with E-state index in [0.717, 1.165) is 16.8 Å². The molecule has 0 saturated carbocycles. The van der Waals surface area contributed by atoms with Crippen LogP contribution in [0.3, 0.4) is 0 Å². The Morgan fingerprint density at radius 2 is 1.79 bits per heavy atom. The van der Waals surface area contributed by atoms with Gasteiger partial charge in [0.2, 0.25) is 0 Å². The molecule has 3 rings (SSSR count). The predicted octanol–water partition coefficient (Wildman–Crippen LogP) is 3.52. The van der Waals surface area contributed by atoms with Crippen LogP contribution in [0.4, 0.5) is 13.6 Å². The topological polar surface area (TPSA) is 68.2 Å². The van der Waals surface area contributed by atoms with Gasteiger partial charge < -0.3 is 15.4 Å². The molecule has 1 heterocycles. The van der Waals surface area contributed by atoms with Crippen LogP contribution in [0, 0.1) is 0 Å². The van der Waals surface area contributed by atoms with E-state index in [0.29, 0.717) is 19.5 Å². The predicted molar refractivity (Wildman–Crippen MR) is 101 cm³/mol. The zero-order chi connectivity index (χ0) is 19.8. The molecule has 28 heavy (non-hydrogen) atoms. The molecule has 0 saturated heterocycles. The van der Waals surface area contributed by atoms with Crippen molar-refractivity contribution in [2.75, 3.05) is 6.54 Å². The zero-order valence-corrected chi connectivity index (χ0v) is 15.0. The lowest BCUT2D eigenvalue weighted by atomic mass is 10.1. The fraction of sp³-hybridized carbons (Fsp3) is 0.200. The molecule has 2 N–H and O–H groups in total. The molecule has 0 aliphatic rings. The van der Waals surface area contributed by atoms with Crippen LogP contribution in [-0.2, 0) is 13.0 Å². The Bertz CT molecular complexity index is 883. The van der Waals surface area contributed by atoms with E-state index in [9.17, 15) is 13.6 Å². The van der Waals surface area contributed by atoms with Crippen molar-refractivity contribution in [2.24, 2.45) is 0 Å². The highest BCUT2D eigenvalue weighted by atomic mass is 19.3. The highest BCUT2D eigenvalue weighted by Gasteiger charge is 2.05. The second-order valence-corrected chi connectivity index (χ2v) is 6.01. The lowest BCUT2D eigenvalue weighted by Gasteiger charge is -2.08. The van der Waals surface area contributed by atoms with Crippen molar-refractivity contribution in [3.05, 3.63) is 78.1 Å². The number of rotatable bonds is 8. The second kappa shape index (κ2) is 9.50. The summed E-state index contributed by atoms with van der Waals surface area (Å²) in [6.07, 6.45) is 4.14. The van der Waals surface area contributed by atoms with Gasteiger partial charge in [0.05, 0.1) is 11.9 Å². The molecule has 0 aliphatic carbocycles. The van der Waals surface area contributed by atoms with Gasteiger partial charge >= 0.3 is 12.6 Å². The number of nitrogens with one attached hydrogen (secondary N) is 2. The third kappa shape index (κ3) is 5.80. The van der Waals surface area contributed by atoms with Gasteiger partial charge in [0.25, 0.3) is 0 Å². The van der Waals surface area contributed by atoms with Crippen molar-refractivity contribution < 1.29 is 18.3 Å². The van der Waals surface area contributed by atoms with Gasteiger partial charge in [-0.05, 0) is 36.2 Å². The first-order chi connectivity index (χ1) is 13.6. The van der Waals surface area contributed by atoms with E-state index in [-0.39, 0.29) is 11.8 Å². The van der Waals surface area contributed by atoms with Crippen molar-refractivity contribution in [1.29, 1.82) is 0 Å². The third-order valence-corrected chi connectivity index (χ3v) is 3.96. The van der Waals surface area contributed by atoms with Gasteiger partial charge in [-0.1, -0.05) is 30.3 Å². The van der Waals surface area contributed by atoms with Gasteiger partial charge in [0, 0.05) is 24.8 Å². The second-order valence-electron chi connectivity index (χ2n) is 6.01. The standard InChI is InChI=1S/C20H20F2N4O2/c21-19(22)28-18-8-6-15(7-9-18)10-11-23-20(27)24-12-16-13-25-26(14-16)17-4-2-1-3-5-17/h1-9,13-14,19H,10-12H2,(H2,23,24,27). The van der Waals surface area contributed by atoms with Gasteiger partial charge in [-0.25, -0.2) is 9.48 Å². The maximum absolute atomic E-state index is 12.1. The van der Waals surface area contributed by atoms with Crippen molar-refractivity contribution in [3.8, 4) is 11.4 Å². The fourth-order valence-electron chi connectivity index (χ4n) is 2.58. The van der Waals surface area contributed by atoms with Crippen LogP contribution in [0.15, 0.2) is 67.0 Å². The minimum absolute atomic E-state index is 0.112. The summed E-state index contributed by atoms with van der Waals surface area (Å²) in [6, 6.07) is 15.7. The maximum atomic E-state index is 12.1. The Morgan fingerprint density at radius 3 is 2.50 bits per heavy atom.